The van der Waals surface area contributed by atoms with Gasteiger partial charge in [0.2, 0.25) is 0 Å². The van der Waals surface area contributed by atoms with Gasteiger partial charge in [0.05, 0.1) is 6.04 Å². The molecule has 0 aromatic carbocycles. The van der Waals surface area contributed by atoms with Gasteiger partial charge in [0, 0.05) is 9.41 Å². The standard InChI is InChI=1S/C10H13NOS/c1-4-5-9-6-10(7(2)11-12)13-8(9)3/h4-7,11-12H,1,3H2,2H3/b9-5-. The van der Waals surface area contributed by atoms with Crippen LogP contribution >= 0.6 is 11.3 Å². The summed E-state index contributed by atoms with van der Waals surface area (Å²) in [4.78, 5) is 1.07. The van der Waals surface area contributed by atoms with E-state index < -0.39 is 0 Å². The number of allylic oxidation sites excluding steroid dienone is 1. The summed E-state index contributed by atoms with van der Waals surface area (Å²) < 4.78 is 0.997. The number of hydrogen-bond acceptors (Lipinski definition) is 3. The molecule has 1 atom stereocenters. The molecule has 13 heavy (non-hydrogen) atoms. The first-order valence-electron chi connectivity index (χ1n) is 4.00. The Hall–Kier alpha value is -0.900. The molecule has 0 saturated carbocycles. The van der Waals surface area contributed by atoms with Crippen LogP contribution < -0.4 is 15.2 Å². The van der Waals surface area contributed by atoms with Gasteiger partial charge >= 0.3 is 0 Å². The lowest BCUT2D eigenvalue weighted by molar-refractivity contribution is 0.135. The van der Waals surface area contributed by atoms with Crippen LogP contribution in [0.1, 0.15) is 17.8 Å². The predicted molar refractivity (Wildman–Crippen MR) is 57.1 cm³/mol. The molecule has 1 unspecified atom stereocenters. The fraction of sp³-hybridized carbons (Fsp3) is 0.200. The van der Waals surface area contributed by atoms with Crippen LogP contribution in [0, 0.1) is 0 Å². The second-order valence-electron chi connectivity index (χ2n) is 2.78. The summed E-state index contributed by atoms with van der Waals surface area (Å²) in [6.45, 7) is 9.43. The molecule has 70 valence electrons. The van der Waals surface area contributed by atoms with Crippen molar-refractivity contribution in [1.29, 1.82) is 0 Å². The van der Waals surface area contributed by atoms with Gasteiger partial charge < -0.3 is 5.21 Å². The van der Waals surface area contributed by atoms with Crippen molar-refractivity contribution >= 4 is 24.0 Å². The first kappa shape index (κ1) is 10.2. The zero-order valence-electron chi connectivity index (χ0n) is 7.58. The van der Waals surface area contributed by atoms with Crippen LogP contribution in [0.4, 0.5) is 0 Å². The van der Waals surface area contributed by atoms with Crippen LogP contribution in [0.2, 0.25) is 0 Å². The van der Waals surface area contributed by atoms with E-state index in [2.05, 4.69) is 18.6 Å². The number of thiophene rings is 1. The van der Waals surface area contributed by atoms with Crippen molar-refractivity contribution in [2.24, 2.45) is 0 Å². The molecule has 0 amide bonds. The molecular weight excluding hydrogens is 182 g/mol. The highest BCUT2D eigenvalue weighted by atomic mass is 32.1. The zero-order chi connectivity index (χ0) is 9.84. The van der Waals surface area contributed by atoms with Crippen molar-refractivity contribution in [2.45, 2.75) is 13.0 Å². The third kappa shape index (κ3) is 2.28. The number of nitrogens with one attached hydrogen (secondary N) is 1. The Morgan fingerprint density at radius 2 is 2.38 bits per heavy atom. The Bertz CT molecular complexity index is 394. The molecule has 3 heteroatoms. The Labute approximate surface area is 81.5 Å². The number of hydrogen-bond donors (Lipinski definition) is 2. The van der Waals surface area contributed by atoms with Crippen molar-refractivity contribution in [2.75, 3.05) is 0 Å². The van der Waals surface area contributed by atoms with Gasteiger partial charge in [-0.1, -0.05) is 25.3 Å². The van der Waals surface area contributed by atoms with Gasteiger partial charge in [-0.05, 0) is 18.2 Å². The van der Waals surface area contributed by atoms with E-state index in [4.69, 9.17) is 5.21 Å². The monoisotopic (exact) mass is 195 g/mol. The van der Waals surface area contributed by atoms with E-state index in [1.807, 2.05) is 19.1 Å². The molecule has 0 radical (unpaired) electrons. The topological polar surface area (TPSA) is 32.3 Å². The third-order valence-electron chi connectivity index (χ3n) is 1.78. The molecule has 0 bridgehead atoms. The van der Waals surface area contributed by atoms with Gasteiger partial charge in [0.25, 0.3) is 0 Å². The normalized spacial score (nSPS) is 14.5. The minimum absolute atomic E-state index is 0.0440. The lowest BCUT2D eigenvalue weighted by Gasteiger charge is -2.03. The maximum absolute atomic E-state index is 8.72. The van der Waals surface area contributed by atoms with Gasteiger partial charge in [-0.25, -0.2) is 0 Å². The lowest BCUT2D eigenvalue weighted by atomic mass is 10.2. The first-order chi connectivity index (χ1) is 6.19. The van der Waals surface area contributed by atoms with Crippen molar-refractivity contribution in [1.82, 2.24) is 5.48 Å². The van der Waals surface area contributed by atoms with E-state index in [9.17, 15) is 0 Å². The van der Waals surface area contributed by atoms with Crippen molar-refractivity contribution in [3.05, 3.63) is 33.3 Å². The predicted octanol–water partition coefficient (Wildman–Crippen LogP) is 1.16. The largest absolute Gasteiger partial charge is 0.316 e. The van der Waals surface area contributed by atoms with Gasteiger partial charge in [-0.2, -0.15) is 5.48 Å². The summed E-state index contributed by atoms with van der Waals surface area (Å²) in [5, 5.41) is 9.79. The molecule has 2 N–H and O–H groups in total. The fourth-order valence-electron chi connectivity index (χ4n) is 1.01. The quantitative estimate of drug-likeness (QED) is 0.709. The summed E-state index contributed by atoms with van der Waals surface area (Å²) in [5.74, 6) is 0. The first-order valence-corrected chi connectivity index (χ1v) is 4.81. The van der Waals surface area contributed by atoms with E-state index in [0.29, 0.717) is 0 Å². The molecule has 0 aliphatic rings. The minimum atomic E-state index is -0.0440. The molecule has 1 aromatic heterocycles. The van der Waals surface area contributed by atoms with Crippen LogP contribution in [-0.4, -0.2) is 5.21 Å². The van der Waals surface area contributed by atoms with E-state index >= 15 is 0 Å². The van der Waals surface area contributed by atoms with E-state index in [-0.39, 0.29) is 6.04 Å². The smallest absolute Gasteiger partial charge is 0.0634 e. The Morgan fingerprint density at radius 1 is 1.69 bits per heavy atom. The van der Waals surface area contributed by atoms with Crippen LogP contribution in [0.5, 0.6) is 0 Å². The fourth-order valence-corrected chi connectivity index (χ4v) is 1.95. The van der Waals surface area contributed by atoms with E-state index in [0.717, 1.165) is 14.6 Å². The molecule has 1 aromatic rings. The molecule has 0 aliphatic heterocycles. The van der Waals surface area contributed by atoms with E-state index in [1.54, 1.807) is 17.4 Å². The number of rotatable bonds is 3. The number of hydroxylamine groups is 1. The zero-order valence-corrected chi connectivity index (χ0v) is 8.40. The second kappa shape index (κ2) is 4.37. The van der Waals surface area contributed by atoms with E-state index in [1.165, 1.54) is 0 Å². The summed E-state index contributed by atoms with van der Waals surface area (Å²) in [5.41, 5.74) is 2.21. The molecular formula is C10H13NOS. The SMILES string of the molecule is C=C/C=c1/cc(C(C)NO)sc1=C. The lowest BCUT2D eigenvalue weighted by Crippen LogP contribution is -2.14. The van der Waals surface area contributed by atoms with Crippen molar-refractivity contribution in [3.63, 3.8) is 0 Å². The minimum Gasteiger partial charge on any atom is -0.316 e. The third-order valence-corrected chi connectivity index (χ3v) is 2.97. The highest BCUT2D eigenvalue weighted by molar-refractivity contribution is 7.09. The molecule has 1 heterocycles. The molecule has 0 fully saturated rings. The van der Waals surface area contributed by atoms with Crippen LogP contribution in [0.25, 0.3) is 12.7 Å². The summed E-state index contributed by atoms with van der Waals surface area (Å²) >= 11 is 1.57. The summed E-state index contributed by atoms with van der Waals surface area (Å²) in [7, 11) is 0. The average Bonchev–Trinajstić information content (AvgIpc) is 2.47. The Kier molecular flexibility index (Phi) is 3.42. The molecule has 1 rings (SSSR count). The Balaban J connectivity index is 3.16. The maximum atomic E-state index is 8.72. The summed E-state index contributed by atoms with van der Waals surface area (Å²) in [6, 6.07) is 1.96. The van der Waals surface area contributed by atoms with Crippen LogP contribution in [0.15, 0.2) is 18.7 Å². The highest BCUT2D eigenvalue weighted by Crippen LogP contribution is 2.11. The van der Waals surface area contributed by atoms with Crippen LogP contribution in [0.3, 0.4) is 0 Å². The van der Waals surface area contributed by atoms with Crippen molar-refractivity contribution in [3.8, 4) is 0 Å². The second-order valence-corrected chi connectivity index (χ2v) is 3.95. The molecule has 0 spiro atoms. The summed E-state index contributed by atoms with van der Waals surface area (Å²) in [6.07, 6.45) is 3.64. The van der Waals surface area contributed by atoms with Crippen molar-refractivity contribution < 1.29 is 5.21 Å². The Morgan fingerprint density at radius 3 is 2.92 bits per heavy atom. The van der Waals surface area contributed by atoms with Gasteiger partial charge in [0.1, 0.15) is 0 Å². The van der Waals surface area contributed by atoms with Gasteiger partial charge in [-0.3, -0.25) is 0 Å². The van der Waals surface area contributed by atoms with Gasteiger partial charge in [0.15, 0.2) is 0 Å². The average molecular weight is 195 g/mol. The molecule has 2 nitrogen and oxygen atoms in total. The molecule has 0 aliphatic carbocycles. The van der Waals surface area contributed by atoms with Gasteiger partial charge in [-0.15, -0.1) is 11.3 Å². The maximum Gasteiger partial charge on any atom is 0.0634 e. The highest BCUT2D eigenvalue weighted by Gasteiger charge is 2.04. The van der Waals surface area contributed by atoms with Crippen LogP contribution in [-0.2, 0) is 0 Å². The molecule has 0 saturated heterocycles.